The van der Waals surface area contributed by atoms with Gasteiger partial charge in [0.2, 0.25) is 0 Å². The standard InChI is InChI=1S/C63H122NO8P/c1-3-5-7-9-11-13-15-17-19-21-23-24-25-26-27-28-29-30-31-32-33-34-35-36-38-40-42-44-46-48-50-52-54-56-63(66)72-61(60-71-73(67,68)70-58-57-64)59-69-62(65)55-53-51-49-47-45-43-41-39-37-22-20-18-16-14-12-10-8-6-4-2/h15,17,21,23,61H,3-14,16,18-20,22,24-60,64H2,1-2H3,(H,67,68)/b17-15-,23-21-. The molecule has 0 saturated heterocycles. The monoisotopic (exact) mass is 1050 g/mol. The average Bonchev–Trinajstić information content (AvgIpc) is 3.38. The van der Waals surface area contributed by atoms with Crippen LogP contribution in [0.3, 0.4) is 0 Å². The van der Waals surface area contributed by atoms with Crippen LogP contribution < -0.4 is 5.73 Å². The van der Waals surface area contributed by atoms with E-state index in [9.17, 15) is 19.0 Å². The third kappa shape index (κ3) is 59.6. The summed E-state index contributed by atoms with van der Waals surface area (Å²) in [5.74, 6) is -0.805. The number of ether oxygens (including phenoxy) is 2. The summed E-state index contributed by atoms with van der Waals surface area (Å²) in [7, 11) is -4.38. The summed E-state index contributed by atoms with van der Waals surface area (Å²) in [6.45, 7) is 3.80. The van der Waals surface area contributed by atoms with Crippen LogP contribution in [0.4, 0.5) is 0 Å². The second kappa shape index (κ2) is 59.7. The van der Waals surface area contributed by atoms with Crippen LogP contribution in [0.15, 0.2) is 24.3 Å². The molecule has 10 heteroatoms. The van der Waals surface area contributed by atoms with Crippen molar-refractivity contribution in [1.82, 2.24) is 0 Å². The van der Waals surface area contributed by atoms with Crippen LogP contribution in [0.5, 0.6) is 0 Å². The fraction of sp³-hybridized carbons (Fsp3) is 0.905. The smallest absolute Gasteiger partial charge is 0.462 e. The normalized spacial score (nSPS) is 13.1. The Bertz CT molecular complexity index is 1250. The summed E-state index contributed by atoms with van der Waals surface area (Å²) in [4.78, 5) is 35.2. The quantitative estimate of drug-likeness (QED) is 0.0264. The molecule has 0 rings (SSSR count). The summed E-state index contributed by atoms with van der Waals surface area (Å²) >= 11 is 0. The lowest BCUT2D eigenvalue weighted by atomic mass is 10.0. The molecule has 0 aliphatic rings. The Morgan fingerprint density at radius 3 is 1.04 bits per heavy atom. The minimum atomic E-state index is -4.38. The Morgan fingerprint density at radius 1 is 0.411 bits per heavy atom. The number of allylic oxidation sites excluding steroid dienone is 4. The van der Waals surface area contributed by atoms with Gasteiger partial charge >= 0.3 is 19.8 Å². The van der Waals surface area contributed by atoms with Crippen molar-refractivity contribution in [2.45, 2.75) is 341 Å². The molecule has 2 atom stereocenters. The predicted octanol–water partition coefficient (Wildman–Crippen LogP) is 20.2. The molecule has 0 bridgehead atoms. The van der Waals surface area contributed by atoms with Crippen molar-refractivity contribution in [3.63, 3.8) is 0 Å². The van der Waals surface area contributed by atoms with Crippen molar-refractivity contribution in [2.75, 3.05) is 26.4 Å². The first-order chi connectivity index (χ1) is 35.8. The highest BCUT2D eigenvalue weighted by molar-refractivity contribution is 7.47. The van der Waals surface area contributed by atoms with Crippen molar-refractivity contribution >= 4 is 19.8 Å². The maximum absolute atomic E-state index is 12.7. The number of rotatable bonds is 61. The van der Waals surface area contributed by atoms with Crippen molar-refractivity contribution in [3.8, 4) is 0 Å². The summed E-state index contributed by atoms with van der Waals surface area (Å²) < 4.78 is 33.1. The molecule has 0 saturated carbocycles. The van der Waals surface area contributed by atoms with Crippen LogP contribution in [-0.2, 0) is 32.7 Å². The van der Waals surface area contributed by atoms with Crippen molar-refractivity contribution in [1.29, 1.82) is 0 Å². The summed E-state index contributed by atoms with van der Waals surface area (Å²) in [6, 6.07) is 0. The maximum Gasteiger partial charge on any atom is 0.472 e. The number of phosphoric acid groups is 1. The fourth-order valence-electron chi connectivity index (χ4n) is 9.61. The molecule has 0 radical (unpaired) electrons. The molecule has 0 spiro atoms. The molecule has 432 valence electrons. The zero-order valence-corrected chi connectivity index (χ0v) is 49.3. The number of carbonyl (C=O) groups is 2. The third-order valence-corrected chi connectivity index (χ3v) is 15.3. The van der Waals surface area contributed by atoms with Gasteiger partial charge in [0, 0.05) is 19.4 Å². The minimum Gasteiger partial charge on any atom is -0.462 e. The van der Waals surface area contributed by atoms with E-state index in [1.54, 1.807) is 0 Å². The van der Waals surface area contributed by atoms with Crippen molar-refractivity contribution < 1.29 is 37.6 Å². The molecule has 0 heterocycles. The zero-order chi connectivity index (χ0) is 53.1. The maximum atomic E-state index is 12.7. The van der Waals surface area contributed by atoms with Gasteiger partial charge in [-0.2, -0.15) is 0 Å². The van der Waals surface area contributed by atoms with Gasteiger partial charge in [-0.15, -0.1) is 0 Å². The number of nitrogens with two attached hydrogens (primary N) is 1. The van der Waals surface area contributed by atoms with E-state index in [1.807, 2.05) is 0 Å². The summed E-state index contributed by atoms with van der Waals surface area (Å²) in [5.41, 5.74) is 5.39. The van der Waals surface area contributed by atoms with Gasteiger partial charge in [0.25, 0.3) is 0 Å². The molecule has 0 amide bonds. The number of phosphoric ester groups is 1. The molecule has 0 aromatic carbocycles. The lowest BCUT2D eigenvalue weighted by molar-refractivity contribution is -0.161. The molecule has 9 nitrogen and oxygen atoms in total. The van der Waals surface area contributed by atoms with E-state index in [2.05, 4.69) is 38.2 Å². The molecular formula is C63H122NO8P. The first-order valence-corrected chi connectivity index (χ1v) is 33.3. The largest absolute Gasteiger partial charge is 0.472 e. The van der Waals surface area contributed by atoms with E-state index in [4.69, 9.17) is 24.3 Å². The van der Waals surface area contributed by atoms with Gasteiger partial charge in [-0.25, -0.2) is 4.57 Å². The molecule has 73 heavy (non-hydrogen) atoms. The van der Waals surface area contributed by atoms with Gasteiger partial charge in [-0.05, 0) is 44.9 Å². The first-order valence-electron chi connectivity index (χ1n) is 31.8. The van der Waals surface area contributed by atoms with Gasteiger partial charge in [-0.3, -0.25) is 18.6 Å². The van der Waals surface area contributed by atoms with Gasteiger partial charge < -0.3 is 20.1 Å². The fourth-order valence-corrected chi connectivity index (χ4v) is 10.4. The number of esters is 2. The number of carbonyl (C=O) groups excluding carboxylic acids is 2. The van der Waals surface area contributed by atoms with Gasteiger partial charge in [0.05, 0.1) is 13.2 Å². The molecule has 0 aromatic rings. The van der Waals surface area contributed by atoms with E-state index in [1.165, 1.54) is 263 Å². The Balaban J connectivity index is 3.83. The van der Waals surface area contributed by atoms with E-state index in [-0.39, 0.29) is 38.6 Å². The second-order valence-corrected chi connectivity index (χ2v) is 23.1. The number of hydrogen-bond donors (Lipinski definition) is 2. The lowest BCUT2D eigenvalue weighted by Crippen LogP contribution is -2.29. The van der Waals surface area contributed by atoms with Gasteiger partial charge in [0.1, 0.15) is 6.61 Å². The molecule has 3 N–H and O–H groups in total. The predicted molar refractivity (Wildman–Crippen MR) is 312 cm³/mol. The average molecular weight is 1050 g/mol. The second-order valence-electron chi connectivity index (χ2n) is 21.6. The van der Waals surface area contributed by atoms with Crippen molar-refractivity contribution in [3.05, 3.63) is 24.3 Å². The van der Waals surface area contributed by atoms with Crippen LogP contribution in [0.2, 0.25) is 0 Å². The van der Waals surface area contributed by atoms with Crippen LogP contribution in [0, 0.1) is 0 Å². The van der Waals surface area contributed by atoms with Crippen LogP contribution >= 0.6 is 7.82 Å². The summed E-state index contributed by atoms with van der Waals surface area (Å²) in [6.07, 6.45) is 71.1. The van der Waals surface area contributed by atoms with Gasteiger partial charge in [-0.1, -0.05) is 301 Å². The lowest BCUT2D eigenvalue weighted by Gasteiger charge is -2.19. The molecular weight excluding hydrogens is 930 g/mol. The topological polar surface area (TPSA) is 134 Å². The Hall–Kier alpha value is -1.51. The van der Waals surface area contributed by atoms with Crippen LogP contribution in [0.1, 0.15) is 335 Å². The van der Waals surface area contributed by atoms with Gasteiger partial charge in [0.15, 0.2) is 6.10 Å². The SMILES string of the molecule is CCCCCCC/C=C\C/C=C\CCCCCCCCCCCCCCCCCCCCCCCC(=O)OC(COC(=O)CCCCCCCCCCCCCCCCCCCCC)COP(=O)(O)OCCN. The van der Waals surface area contributed by atoms with Crippen LogP contribution in [0.25, 0.3) is 0 Å². The Kier molecular flexibility index (Phi) is 58.5. The summed E-state index contributed by atoms with van der Waals surface area (Å²) in [5, 5.41) is 0. The Morgan fingerprint density at radius 2 is 0.712 bits per heavy atom. The van der Waals surface area contributed by atoms with E-state index in [0.29, 0.717) is 6.42 Å². The molecule has 0 aliphatic carbocycles. The van der Waals surface area contributed by atoms with Crippen LogP contribution in [-0.4, -0.2) is 49.3 Å². The third-order valence-electron chi connectivity index (χ3n) is 14.3. The molecule has 0 aromatic heterocycles. The molecule has 0 fully saturated rings. The Labute approximate surface area is 452 Å². The van der Waals surface area contributed by atoms with E-state index < -0.39 is 26.5 Å². The zero-order valence-electron chi connectivity index (χ0n) is 48.4. The first kappa shape index (κ1) is 71.5. The van der Waals surface area contributed by atoms with E-state index in [0.717, 1.165) is 38.5 Å². The van der Waals surface area contributed by atoms with E-state index >= 15 is 0 Å². The number of unbranched alkanes of at least 4 members (excludes halogenated alkanes) is 44. The highest BCUT2D eigenvalue weighted by Crippen LogP contribution is 2.43. The van der Waals surface area contributed by atoms with Crippen molar-refractivity contribution in [2.24, 2.45) is 5.73 Å². The number of hydrogen-bond acceptors (Lipinski definition) is 8. The highest BCUT2D eigenvalue weighted by atomic mass is 31.2. The highest BCUT2D eigenvalue weighted by Gasteiger charge is 2.26. The molecule has 2 unspecified atom stereocenters. The molecule has 0 aliphatic heterocycles. The minimum absolute atomic E-state index is 0.0570.